The molecule has 2 aromatic carbocycles. The number of hydrogen-bond acceptors (Lipinski definition) is 3. The molecule has 0 aliphatic rings. The third-order valence-corrected chi connectivity index (χ3v) is 5.39. The van der Waals surface area contributed by atoms with E-state index in [1.807, 2.05) is 49.4 Å². The van der Waals surface area contributed by atoms with Crippen molar-refractivity contribution in [3.8, 4) is 16.9 Å². The maximum absolute atomic E-state index is 13.1. The number of aryl methyl sites for hydroxylation is 2. The molecule has 0 saturated carbocycles. The Hall–Kier alpha value is -3.12. The number of nitrogens with zero attached hydrogens (tertiary/aromatic N) is 1. The molecule has 6 heteroatoms. The van der Waals surface area contributed by atoms with Gasteiger partial charge in [-0.2, -0.15) is 0 Å². The highest BCUT2D eigenvalue weighted by atomic mass is 32.2. The van der Waals surface area contributed by atoms with Crippen molar-refractivity contribution in [1.82, 2.24) is 9.38 Å². The molecular formula is C21H18N2O3S. The summed E-state index contributed by atoms with van der Waals surface area (Å²) in [4.78, 5) is 16.0. The number of nitrogens with one attached hydrogen (secondary N) is 1. The fraction of sp³-hybridized carbons (Fsp3) is 0.0952. The quantitative estimate of drug-likeness (QED) is 0.583. The third-order valence-electron chi connectivity index (χ3n) is 4.30. The number of hydrogen-bond donors (Lipinski definition) is 1. The van der Waals surface area contributed by atoms with Crippen LogP contribution in [0.5, 0.6) is 5.75 Å². The minimum absolute atomic E-state index is 0.183. The maximum Gasteiger partial charge on any atom is 0.257 e. The summed E-state index contributed by atoms with van der Waals surface area (Å²) >= 11 is -1.80. The number of H-pyrrole nitrogens is 1. The Morgan fingerprint density at radius 3 is 2.41 bits per heavy atom. The van der Waals surface area contributed by atoms with Gasteiger partial charge in [-0.25, -0.2) is 4.21 Å². The molecule has 0 saturated heterocycles. The van der Waals surface area contributed by atoms with Crippen LogP contribution in [0.25, 0.3) is 16.8 Å². The molecule has 0 aliphatic heterocycles. The number of rotatable bonds is 4. The number of fused-ring (bicyclic) bond motifs is 1. The van der Waals surface area contributed by atoms with E-state index in [9.17, 15) is 9.00 Å². The zero-order valence-corrected chi connectivity index (χ0v) is 15.7. The van der Waals surface area contributed by atoms with Gasteiger partial charge in [0.1, 0.15) is 16.3 Å². The minimum atomic E-state index is -1.80. The van der Waals surface area contributed by atoms with Crippen LogP contribution >= 0.6 is 0 Å². The third kappa shape index (κ3) is 3.31. The van der Waals surface area contributed by atoms with Gasteiger partial charge in [0.15, 0.2) is 0 Å². The van der Waals surface area contributed by atoms with Crippen molar-refractivity contribution in [2.24, 2.45) is 0 Å². The molecule has 4 aromatic rings. The van der Waals surface area contributed by atoms with Gasteiger partial charge >= 0.3 is 0 Å². The summed E-state index contributed by atoms with van der Waals surface area (Å²) in [5.41, 5.74) is 3.63. The smallest absolute Gasteiger partial charge is 0.257 e. The van der Waals surface area contributed by atoms with Crippen LogP contribution in [0.15, 0.2) is 76.6 Å². The lowest BCUT2D eigenvalue weighted by molar-refractivity contribution is 0.563. The number of benzene rings is 2. The fourth-order valence-corrected chi connectivity index (χ4v) is 4.00. The molecule has 136 valence electrons. The van der Waals surface area contributed by atoms with Gasteiger partial charge in [-0.3, -0.25) is 9.20 Å². The van der Waals surface area contributed by atoms with E-state index >= 15 is 0 Å². The largest absolute Gasteiger partial charge is 0.397 e. The molecular weight excluding hydrogens is 360 g/mol. The molecule has 0 bridgehead atoms. The first kappa shape index (κ1) is 17.3. The summed E-state index contributed by atoms with van der Waals surface area (Å²) in [5.74, 6) is 0.507. The second kappa shape index (κ2) is 6.89. The molecule has 0 amide bonds. The summed E-state index contributed by atoms with van der Waals surface area (Å²) in [6.07, 6.45) is 1.70. The summed E-state index contributed by atoms with van der Waals surface area (Å²) in [6, 6.07) is 18.4. The van der Waals surface area contributed by atoms with Crippen molar-refractivity contribution < 1.29 is 8.39 Å². The summed E-state index contributed by atoms with van der Waals surface area (Å²) in [6.45, 7) is 3.77. The Bertz CT molecular complexity index is 1190. The number of aromatic nitrogens is 2. The second-order valence-electron chi connectivity index (χ2n) is 6.38. The van der Waals surface area contributed by atoms with Gasteiger partial charge < -0.3 is 9.17 Å². The average molecular weight is 378 g/mol. The molecule has 5 nitrogen and oxygen atoms in total. The maximum atomic E-state index is 13.1. The molecule has 0 fully saturated rings. The normalized spacial score (nSPS) is 12.2. The molecule has 1 atom stereocenters. The average Bonchev–Trinajstić information content (AvgIpc) is 3.04. The second-order valence-corrected chi connectivity index (χ2v) is 7.42. The van der Waals surface area contributed by atoms with E-state index in [0.717, 1.165) is 11.1 Å². The van der Waals surface area contributed by atoms with E-state index in [4.69, 9.17) is 4.18 Å². The Balaban J connectivity index is 1.90. The summed E-state index contributed by atoms with van der Waals surface area (Å²) in [7, 11) is 0. The van der Waals surface area contributed by atoms with Crippen LogP contribution in [0.3, 0.4) is 0 Å². The first-order valence-corrected chi connectivity index (χ1v) is 9.57. The zero-order valence-electron chi connectivity index (χ0n) is 14.9. The Kier molecular flexibility index (Phi) is 4.41. The Morgan fingerprint density at radius 2 is 1.70 bits per heavy atom. The minimum Gasteiger partial charge on any atom is -0.397 e. The van der Waals surface area contributed by atoms with Gasteiger partial charge in [0.2, 0.25) is 11.1 Å². The molecule has 2 heterocycles. The van der Waals surface area contributed by atoms with E-state index in [2.05, 4.69) is 4.98 Å². The van der Waals surface area contributed by atoms with Crippen LogP contribution in [-0.2, 0) is 11.1 Å². The van der Waals surface area contributed by atoms with Gasteiger partial charge in [-0.1, -0.05) is 48.0 Å². The molecule has 27 heavy (non-hydrogen) atoms. The Labute approximate surface area is 158 Å². The topological polar surface area (TPSA) is 63.6 Å². The van der Waals surface area contributed by atoms with Crippen molar-refractivity contribution in [3.63, 3.8) is 0 Å². The van der Waals surface area contributed by atoms with Crippen LogP contribution < -0.4 is 9.74 Å². The van der Waals surface area contributed by atoms with Gasteiger partial charge in [-0.05, 0) is 31.5 Å². The standard InChI is InChI=1S/C21H18N2O3S/c1-14-8-10-17(11-9-14)26-27(25)20-18(16-6-4-3-5-7-16)13-23-19(24)12-15(2)22-21(20)23/h3-13,22H,1-2H3. The van der Waals surface area contributed by atoms with Gasteiger partial charge in [-0.15, -0.1) is 0 Å². The number of aromatic amines is 1. The predicted octanol–water partition coefficient (Wildman–Crippen LogP) is 4.01. The van der Waals surface area contributed by atoms with E-state index in [1.165, 1.54) is 10.5 Å². The highest BCUT2D eigenvalue weighted by Crippen LogP contribution is 2.31. The van der Waals surface area contributed by atoms with Crippen LogP contribution in [0.1, 0.15) is 11.3 Å². The van der Waals surface area contributed by atoms with Gasteiger partial charge in [0.25, 0.3) is 5.56 Å². The van der Waals surface area contributed by atoms with Crippen molar-refractivity contribution in [1.29, 1.82) is 0 Å². The summed E-state index contributed by atoms with van der Waals surface area (Å²) in [5, 5.41) is 0. The molecule has 2 aromatic heterocycles. The first-order valence-electron chi connectivity index (χ1n) is 8.50. The SMILES string of the molecule is Cc1ccc(OS(=O)c2c(-c3ccccc3)cn3c(=O)cc(C)[nH]c23)cc1. The fourth-order valence-electron chi connectivity index (χ4n) is 2.97. The lowest BCUT2D eigenvalue weighted by Gasteiger charge is -2.07. The Morgan fingerprint density at radius 1 is 1.00 bits per heavy atom. The van der Waals surface area contributed by atoms with Crippen LogP contribution in [-0.4, -0.2) is 13.6 Å². The van der Waals surface area contributed by atoms with Gasteiger partial charge in [0.05, 0.1) is 0 Å². The molecule has 0 spiro atoms. The van der Waals surface area contributed by atoms with Crippen molar-refractivity contribution in [3.05, 3.63) is 88.5 Å². The molecule has 1 unspecified atom stereocenters. The summed E-state index contributed by atoms with van der Waals surface area (Å²) < 4.78 is 20.3. The first-order chi connectivity index (χ1) is 13.0. The van der Waals surface area contributed by atoms with Crippen LogP contribution in [0.4, 0.5) is 0 Å². The monoisotopic (exact) mass is 378 g/mol. The van der Waals surface area contributed by atoms with Crippen LogP contribution in [0, 0.1) is 13.8 Å². The lowest BCUT2D eigenvalue weighted by Crippen LogP contribution is -2.13. The van der Waals surface area contributed by atoms with Crippen molar-refractivity contribution >= 4 is 16.7 Å². The van der Waals surface area contributed by atoms with Crippen molar-refractivity contribution in [2.75, 3.05) is 0 Å². The molecule has 4 rings (SSSR count). The molecule has 1 N–H and O–H groups in total. The van der Waals surface area contributed by atoms with Crippen molar-refractivity contribution in [2.45, 2.75) is 18.7 Å². The molecule has 0 aliphatic carbocycles. The van der Waals surface area contributed by atoms with Crippen LogP contribution in [0.2, 0.25) is 0 Å². The van der Waals surface area contributed by atoms with E-state index < -0.39 is 11.1 Å². The highest BCUT2D eigenvalue weighted by molar-refractivity contribution is 7.81. The highest BCUT2D eigenvalue weighted by Gasteiger charge is 2.22. The van der Waals surface area contributed by atoms with E-state index in [0.29, 0.717) is 27.5 Å². The van der Waals surface area contributed by atoms with E-state index in [-0.39, 0.29) is 5.56 Å². The lowest BCUT2D eigenvalue weighted by atomic mass is 10.1. The van der Waals surface area contributed by atoms with Gasteiger partial charge in [0, 0.05) is 23.5 Å². The predicted molar refractivity (Wildman–Crippen MR) is 106 cm³/mol. The molecule has 0 radical (unpaired) electrons. The van der Waals surface area contributed by atoms with E-state index in [1.54, 1.807) is 25.3 Å². The zero-order chi connectivity index (χ0) is 19.0.